The summed E-state index contributed by atoms with van der Waals surface area (Å²) < 4.78 is 10.8. The molecular formula is C17H15Cl2N3O3S. The lowest BCUT2D eigenvalue weighted by atomic mass is 10.1. The highest BCUT2D eigenvalue weighted by atomic mass is 35.5. The van der Waals surface area contributed by atoms with E-state index in [0.717, 1.165) is 11.1 Å². The van der Waals surface area contributed by atoms with Gasteiger partial charge in [0, 0.05) is 0 Å². The lowest BCUT2D eigenvalue weighted by molar-refractivity contribution is -0.119. The van der Waals surface area contributed by atoms with E-state index >= 15 is 0 Å². The molecule has 3 aromatic rings. The van der Waals surface area contributed by atoms with Crippen molar-refractivity contribution in [2.24, 2.45) is 0 Å². The first-order chi connectivity index (χ1) is 12.4. The Kier molecular flexibility index (Phi) is 5.90. The van der Waals surface area contributed by atoms with Crippen molar-refractivity contribution < 1.29 is 13.6 Å². The van der Waals surface area contributed by atoms with Gasteiger partial charge in [-0.1, -0.05) is 41.0 Å². The molecule has 0 radical (unpaired) electrons. The smallest absolute Gasteiger partial charge is 0.277 e. The maximum Gasteiger partial charge on any atom is 0.277 e. The Morgan fingerprint density at radius 1 is 1.27 bits per heavy atom. The Bertz CT molecular complexity index is 926. The van der Waals surface area contributed by atoms with Crippen LogP contribution in [0.2, 0.25) is 10.0 Å². The number of thioether (sulfide) groups is 1. The number of carbonyl (C=O) groups is 1. The molecule has 0 saturated heterocycles. The summed E-state index contributed by atoms with van der Waals surface area (Å²) in [4.78, 5) is 12.1. The number of aryl methyl sites for hydroxylation is 1. The number of hydrogen-bond acceptors (Lipinski definition) is 6. The van der Waals surface area contributed by atoms with Crippen LogP contribution in [-0.4, -0.2) is 21.9 Å². The number of rotatable bonds is 6. The Hall–Kier alpha value is -1.96. The summed E-state index contributed by atoms with van der Waals surface area (Å²) in [6.45, 7) is 3.68. The number of carbonyl (C=O) groups excluding carboxylic acids is 1. The first-order valence-corrected chi connectivity index (χ1v) is 9.43. The summed E-state index contributed by atoms with van der Waals surface area (Å²) >= 11 is 13.1. The highest BCUT2D eigenvalue weighted by Gasteiger charge is 2.16. The first kappa shape index (κ1) is 18.8. The molecule has 0 aliphatic rings. The molecule has 0 unspecified atom stereocenters. The third-order valence-electron chi connectivity index (χ3n) is 3.64. The van der Waals surface area contributed by atoms with Crippen molar-refractivity contribution in [3.63, 3.8) is 0 Å². The number of aromatic nitrogens is 2. The van der Waals surface area contributed by atoms with Gasteiger partial charge in [0.05, 0.1) is 33.7 Å². The third kappa shape index (κ3) is 4.41. The van der Waals surface area contributed by atoms with E-state index < -0.39 is 0 Å². The van der Waals surface area contributed by atoms with E-state index in [1.54, 1.807) is 24.5 Å². The molecule has 0 fully saturated rings. The number of benzene rings is 1. The molecule has 2 heterocycles. The monoisotopic (exact) mass is 411 g/mol. The summed E-state index contributed by atoms with van der Waals surface area (Å²) in [5, 5.41) is 12.0. The molecule has 2 aromatic heterocycles. The zero-order chi connectivity index (χ0) is 18.7. The number of hydrogen-bond donors (Lipinski definition) is 1. The molecule has 1 atom stereocenters. The first-order valence-electron chi connectivity index (χ1n) is 7.69. The van der Waals surface area contributed by atoms with Crippen LogP contribution >= 0.6 is 35.0 Å². The van der Waals surface area contributed by atoms with Gasteiger partial charge in [-0.3, -0.25) is 4.79 Å². The summed E-state index contributed by atoms with van der Waals surface area (Å²) in [5.74, 6) is 1.05. The van der Waals surface area contributed by atoms with Crippen LogP contribution < -0.4 is 5.32 Å². The van der Waals surface area contributed by atoms with E-state index in [1.165, 1.54) is 11.8 Å². The van der Waals surface area contributed by atoms with E-state index in [2.05, 4.69) is 15.5 Å². The minimum absolute atomic E-state index is 0.150. The van der Waals surface area contributed by atoms with E-state index in [0.29, 0.717) is 26.9 Å². The van der Waals surface area contributed by atoms with Crippen molar-refractivity contribution in [3.05, 3.63) is 51.9 Å². The van der Waals surface area contributed by atoms with Crippen molar-refractivity contribution in [2.45, 2.75) is 25.1 Å². The maximum atomic E-state index is 12.1. The highest BCUT2D eigenvalue weighted by molar-refractivity contribution is 7.99. The van der Waals surface area contributed by atoms with E-state index in [9.17, 15) is 4.79 Å². The van der Waals surface area contributed by atoms with Gasteiger partial charge in [0.1, 0.15) is 5.76 Å². The number of nitrogens with one attached hydrogen (secondary N) is 1. The van der Waals surface area contributed by atoms with Gasteiger partial charge >= 0.3 is 0 Å². The molecule has 1 aromatic carbocycles. The van der Waals surface area contributed by atoms with Gasteiger partial charge in [0.15, 0.2) is 0 Å². The van der Waals surface area contributed by atoms with Crippen LogP contribution in [0.4, 0.5) is 0 Å². The van der Waals surface area contributed by atoms with Crippen molar-refractivity contribution >= 4 is 40.9 Å². The van der Waals surface area contributed by atoms with Gasteiger partial charge in [0.2, 0.25) is 5.91 Å². The fraction of sp³-hybridized carbons (Fsp3) is 0.235. The lowest BCUT2D eigenvalue weighted by Gasteiger charge is -2.14. The Balaban J connectivity index is 1.55. The van der Waals surface area contributed by atoms with Crippen molar-refractivity contribution in [1.82, 2.24) is 15.5 Å². The molecule has 1 N–H and O–H groups in total. The van der Waals surface area contributed by atoms with Crippen LogP contribution in [0.5, 0.6) is 0 Å². The molecule has 1 amide bonds. The van der Waals surface area contributed by atoms with E-state index in [-0.39, 0.29) is 17.7 Å². The fourth-order valence-corrected chi connectivity index (χ4v) is 3.14. The Labute approximate surface area is 164 Å². The highest BCUT2D eigenvalue weighted by Crippen LogP contribution is 2.27. The van der Waals surface area contributed by atoms with Gasteiger partial charge in [-0.15, -0.1) is 10.2 Å². The van der Waals surface area contributed by atoms with Crippen LogP contribution in [0, 0.1) is 6.92 Å². The minimum Gasteiger partial charge on any atom is -0.469 e. The molecule has 26 heavy (non-hydrogen) atoms. The van der Waals surface area contributed by atoms with Gasteiger partial charge in [-0.2, -0.15) is 0 Å². The average Bonchev–Trinajstić information content (AvgIpc) is 3.24. The summed E-state index contributed by atoms with van der Waals surface area (Å²) in [5.41, 5.74) is 1.61. The van der Waals surface area contributed by atoms with E-state index in [1.807, 2.05) is 19.9 Å². The molecule has 0 aliphatic heterocycles. The summed E-state index contributed by atoms with van der Waals surface area (Å²) in [6.07, 6.45) is 1.56. The van der Waals surface area contributed by atoms with Gasteiger partial charge in [-0.25, -0.2) is 0 Å². The standard InChI is InChI=1S/C17H15Cl2N3O3S/c1-9(11-3-4-13(18)14(19)7-11)20-15(23)8-26-17-22-21-16(25-17)12-5-6-24-10(12)2/h3-7,9H,8H2,1-2H3,(H,20,23)/t9-/m0/s1. The Morgan fingerprint density at radius 2 is 2.08 bits per heavy atom. The molecule has 136 valence electrons. The topological polar surface area (TPSA) is 81.2 Å². The Morgan fingerprint density at radius 3 is 2.77 bits per heavy atom. The van der Waals surface area contributed by atoms with Crippen molar-refractivity contribution in [2.75, 3.05) is 5.75 Å². The van der Waals surface area contributed by atoms with Crippen LogP contribution in [0.25, 0.3) is 11.5 Å². The van der Waals surface area contributed by atoms with Crippen molar-refractivity contribution in [1.29, 1.82) is 0 Å². The molecule has 9 heteroatoms. The van der Waals surface area contributed by atoms with Gasteiger partial charge in [0.25, 0.3) is 11.1 Å². The average molecular weight is 412 g/mol. The van der Waals surface area contributed by atoms with Gasteiger partial charge in [-0.05, 0) is 37.6 Å². The molecule has 0 bridgehead atoms. The SMILES string of the molecule is Cc1occc1-c1nnc(SCC(=O)N[C@@H](C)c2ccc(Cl)c(Cl)c2)o1. The van der Waals surface area contributed by atoms with Gasteiger partial charge < -0.3 is 14.2 Å². The third-order valence-corrected chi connectivity index (χ3v) is 5.20. The zero-order valence-corrected chi connectivity index (χ0v) is 16.3. The largest absolute Gasteiger partial charge is 0.469 e. The predicted octanol–water partition coefficient (Wildman–Crippen LogP) is 4.91. The summed E-state index contributed by atoms with van der Waals surface area (Å²) in [7, 11) is 0. The van der Waals surface area contributed by atoms with Crippen LogP contribution in [-0.2, 0) is 4.79 Å². The number of nitrogens with zero attached hydrogens (tertiary/aromatic N) is 2. The molecule has 3 rings (SSSR count). The van der Waals surface area contributed by atoms with Crippen molar-refractivity contribution in [3.8, 4) is 11.5 Å². The number of halogens is 2. The summed E-state index contributed by atoms with van der Waals surface area (Å²) in [6, 6.07) is 6.81. The normalized spacial score (nSPS) is 12.2. The van der Waals surface area contributed by atoms with Crippen LogP contribution in [0.3, 0.4) is 0 Å². The molecular weight excluding hydrogens is 397 g/mol. The molecule has 0 spiro atoms. The second kappa shape index (κ2) is 8.16. The second-order valence-corrected chi connectivity index (χ2v) is 7.26. The maximum absolute atomic E-state index is 12.1. The number of furan rings is 1. The predicted molar refractivity (Wildman–Crippen MR) is 100 cm³/mol. The van der Waals surface area contributed by atoms with Crippen LogP contribution in [0.15, 0.2) is 44.6 Å². The molecule has 0 saturated carbocycles. The quantitative estimate of drug-likeness (QED) is 0.579. The number of amides is 1. The molecule has 6 nitrogen and oxygen atoms in total. The van der Waals surface area contributed by atoms with Crippen LogP contribution in [0.1, 0.15) is 24.3 Å². The lowest BCUT2D eigenvalue weighted by Crippen LogP contribution is -2.28. The zero-order valence-electron chi connectivity index (χ0n) is 14.0. The fourth-order valence-electron chi connectivity index (χ4n) is 2.26. The second-order valence-electron chi connectivity index (χ2n) is 5.52. The van der Waals surface area contributed by atoms with E-state index in [4.69, 9.17) is 32.0 Å². The molecule has 0 aliphatic carbocycles. The minimum atomic E-state index is -0.204.